The molecule has 0 aliphatic carbocycles. The molecule has 70 valence electrons. The first-order valence-electron chi connectivity index (χ1n) is 3.30. The van der Waals surface area contributed by atoms with Crippen molar-refractivity contribution in [1.29, 1.82) is 0 Å². The summed E-state index contributed by atoms with van der Waals surface area (Å²) in [5, 5.41) is -0.358. The number of carbonyl (C=O) groups is 1. The number of alkyl halides is 1. The monoisotopic (exact) mass is 224 g/mol. The Morgan fingerprint density at radius 2 is 1.92 bits per heavy atom. The average Bonchev–Trinajstić information content (AvgIpc) is 2.10. The molecule has 0 bridgehead atoms. The fourth-order valence-corrected chi connectivity index (χ4v) is 1.10. The average molecular weight is 225 g/mol. The second-order valence-electron chi connectivity index (χ2n) is 2.30. The maximum Gasteiger partial charge on any atom is 0.180 e. The summed E-state index contributed by atoms with van der Waals surface area (Å²) in [6.45, 7) is 0. The molecule has 0 heterocycles. The van der Waals surface area contributed by atoms with Crippen LogP contribution in [0.15, 0.2) is 12.1 Å². The minimum absolute atomic E-state index is 0.358. The van der Waals surface area contributed by atoms with Gasteiger partial charge < -0.3 is 0 Å². The Morgan fingerprint density at radius 3 is 2.46 bits per heavy atom. The zero-order valence-corrected chi connectivity index (χ0v) is 7.79. The molecule has 0 atom stereocenters. The first kappa shape index (κ1) is 10.4. The third kappa shape index (κ3) is 2.17. The van der Waals surface area contributed by atoms with Crippen molar-refractivity contribution in [2.75, 3.05) is 5.88 Å². The van der Waals surface area contributed by atoms with Crippen molar-refractivity contribution in [3.63, 3.8) is 0 Å². The summed E-state index contributed by atoms with van der Waals surface area (Å²) in [6, 6.07) is 1.49. The van der Waals surface area contributed by atoms with Crippen molar-refractivity contribution in [1.82, 2.24) is 0 Å². The van der Waals surface area contributed by atoms with Crippen LogP contribution in [0.1, 0.15) is 10.4 Å². The van der Waals surface area contributed by atoms with Crippen molar-refractivity contribution in [3.8, 4) is 0 Å². The van der Waals surface area contributed by atoms with Crippen LogP contribution in [0.5, 0.6) is 0 Å². The molecular weight excluding hydrogens is 221 g/mol. The van der Waals surface area contributed by atoms with Gasteiger partial charge in [-0.3, -0.25) is 4.79 Å². The molecule has 0 amide bonds. The van der Waals surface area contributed by atoms with Gasteiger partial charge in [0.25, 0.3) is 0 Å². The number of ketones is 1. The molecule has 0 N–H and O–H groups in total. The standard InChI is InChI=1S/C8H4Cl2F2O/c9-3-8(13)4-1-7(12)5(10)2-6(4)11/h1-2H,3H2. The van der Waals surface area contributed by atoms with Gasteiger partial charge in [-0.25, -0.2) is 8.78 Å². The Morgan fingerprint density at radius 1 is 1.31 bits per heavy atom. The number of carbonyl (C=O) groups excluding carboxylic acids is 1. The highest BCUT2D eigenvalue weighted by Crippen LogP contribution is 2.19. The van der Waals surface area contributed by atoms with E-state index < -0.39 is 23.3 Å². The molecule has 0 unspecified atom stereocenters. The number of rotatable bonds is 2. The molecule has 1 aromatic rings. The van der Waals surface area contributed by atoms with Crippen LogP contribution in [0.3, 0.4) is 0 Å². The summed E-state index contributed by atoms with van der Waals surface area (Å²) in [5.74, 6) is -2.76. The number of benzene rings is 1. The quantitative estimate of drug-likeness (QED) is 0.429. The molecule has 0 aliphatic rings. The highest BCUT2D eigenvalue weighted by Gasteiger charge is 2.14. The van der Waals surface area contributed by atoms with Gasteiger partial charge in [0, 0.05) is 0 Å². The van der Waals surface area contributed by atoms with E-state index in [1.165, 1.54) is 0 Å². The topological polar surface area (TPSA) is 17.1 Å². The fraction of sp³-hybridized carbons (Fsp3) is 0.125. The van der Waals surface area contributed by atoms with E-state index in [1.807, 2.05) is 0 Å². The predicted octanol–water partition coefficient (Wildman–Crippen LogP) is 3.04. The Balaban J connectivity index is 3.23. The lowest BCUT2D eigenvalue weighted by Crippen LogP contribution is -2.04. The smallest absolute Gasteiger partial charge is 0.180 e. The van der Waals surface area contributed by atoms with Crippen molar-refractivity contribution < 1.29 is 13.6 Å². The van der Waals surface area contributed by atoms with Crippen molar-refractivity contribution in [2.24, 2.45) is 0 Å². The minimum Gasteiger partial charge on any atom is -0.293 e. The summed E-state index contributed by atoms with van der Waals surface area (Å²) in [5.41, 5.74) is -0.378. The van der Waals surface area contributed by atoms with Crippen LogP contribution in [-0.4, -0.2) is 11.7 Å². The van der Waals surface area contributed by atoms with Gasteiger partial charge in [0.2, 0.25) is 0 Å². The summed E-state index contributed by atoms with van der Waals surface area (Å²) in [6.07, 6.45) is 0. The highest BCUT2D eigenvalue weighted by molar-refractivity contribution is 6.32. The zero-order valence-electron chi connectivity index (χ0n) is 6.28. The minimum atomic E-state index is -0.864. The van der Waals surface area contributed by atoms with Gasteiger partial charge in [0.15, 0.2) is 5.78 Å². The van der Waals surface area contributed by atoms with E-state index in [9.17, 15) is 13.6 Å². The number of hydrogen-bond donors (Lipinski definition) is 0. The molecule has 0 aromatic heterocycles. The molecule has 0 fully saturated rings. The zero-order chi connectivity index (χ0) is 10.0. The maximum atomic E-state index is 12.9. The lowest BCUT2D eigenvalue weighted by atomic mass is 10.1. The summed E-state index contributed by atoms with van der Waals surface area (Å²) in [7, 11) is 0. The summed E-state index contributed by atoms with van der Waals surface area (Å²) in [4.78, 5) is 10.9. The van der Waals surface area contributed by atoms with Crippen molar-refractivity contribution in [2.45, 2.75) is 0 Å². The highest BCUT2D eigenvalue weighted by atomic mass is 35.5. The fourth-order valence-electron chi connectivity index (χ4n) is 0.808. The first-order chi connectivity index (χ1) is 6.06. The molecule has 1 nitrogen and oxygen atoms in total. The number of halogens is 4. The van der Waals surface area contributed by atoms with Crippen LogP contribution in [0.2, 0.25) is 5.02 Å². The van der Waals surface area contributed by atoms with Gasteiger partial charge in [0.1, 0.15) is 11.6 Å². The van der Waals surface area contributed by atoms with Crippen LogP contribution in [-0.2, 0) is 0 Å². The van der Waals surface area contributed by atoms with Crippen molar-refractivity contribution >= 4 is 29.0 Å². The van der Waals surface area contributed by atoms with Crippen molar-refractivity contribution in [3.05, 3.63) is 34.4 Å². The van der Waals surface area contributed by atoms with Gasteiger partial charge in [-0.1, -0.05) is 11.6 Å². The first-order valence-corrected chi connectivity index (χ1v) is 4.21. The molecule has 1 rings (SSSR count). The van der Waals surface area contributed by atoms with Crippen LogP contribution in [0, 0.1) is 11.6 Å². The predicted molar refractivity (Wildman–Crippen MR) is 46.4 cm³/mol. The SMILES string of the molecule is O=C(CCl)c1cc(F)c(Cl)cc1F. The lowest BCUT2D eigenvalue weighted by molar-refractivity contribution is 0.101. The molecule has 5 heteroatoms. The number of Topliss-reactive ketones (excluding diaryl/α,β-unsaturated/α-hetero) is 1. The van der Waals surface area contributed by atoms with Crippen LogP contribution >= 0.6 is 23.2 Å². The van der Waals surface area contributed by atoms with E-state index in [0.29, 0.717) is 0 Å². The lowest BCUT2D eigenvalue weighted by Gasteiger charge is -2.00. The third-order valence-corrected chi connectivity index (χ3v) is 1.96. The second-order valence-corrected chi connectivity index (χ2v) is 2.98. The van der Waals surface area contributed by atoms with E-state index in [0.717, 1.165) is 12.1 Å². The third-order valence-electron chi connectivity index (χ3n) is 1.43. The molecule has 13 heavy (non-hydrogen) atoms. The van der Waals surface area contributed by atoms with Crippen LogP contribution in [0.4, 0.5) is 8.78 Å². The molecule has 0 aliphatic heterocycles. The second kappa shape index (κ2) is 4.03. The van der Waals surface area contributed by atoms with Gasteiger partial charge in [-0.15, -0.1) is 11.6 Å². The molecule has 1 aromatic carbocycles. The summed E-state index contributed by atoms with van der Waals surface area (Å²) >= 11 is 10.5. The van der Waals surface area contributed by atoms with E-state index >= 15 is 0 Å². The van der Waals surface area contributed by atoms with E-state index in [2.05, 4.69) is 0 Å². The van der Waals surface area contributed by atoms with Crippen LogP contribution < -0.4 is 0 Å². The van der Waals surface area contributed by atoms with E-state index in [1.54, 1.807) is 0 Å². The van der Waals surface area contributed by atoms with Gasteiger partial charge in [-0.05, 0) is 12.1 Å². The molecule has 0 radical (unpaired) electrons. The number of hydrogen-bond acceptors (Lipinski definition) is 1. The van der Waals surface area contributed by atoms with E-state index in [4.69, 9.17) is 23.2 Å². The largest absolute Gasteiger partial charge is 0.293 e. The maximum absolute atomic E-state index is 12.9. The summed E-state index contributed by atoms with van der Waals surface area (Å²) < 4.78 is 25.7. The van der Waals surface area contributed by atoms with Gasteiger partial charge in [-0.2, -0.15) is 0 Å². The van der Waals surface area contributed by atoms with Gasteiger partial charge >= 0.3 is 0 Å². The van der Waals surface area contributed by atoms with E-state index in [-0.39, 0.29) is 10.6 Å². The molecule has 0 saturated carbocycles. The normalized spacial score (nSPS) is 10.2. The van der Waals surface area contributed by atoms with Crippen LogP contribution in [0.25, 0.3) is 0 Å². The van der Waals surface area contributed by atoms with Gasteiger partial charge in [0.05, 0.1) is 16.5 Å². The molecule has 0 saturated heterocycles. The Hall–Kier alpha value is -0.670. The molecular formula is C8H4Cl2F2O. The Labute approximate surface area is 83.3 Å². The Kier molecular flexibility index (Phi) is 3.22. The molecule has 0 spiro atoms. The Bertz CT molecular complexity index is 352.